The maximum absolute atomic E-state index is 10.2. The van der Waals surface area contributed by atoms with E-state index in [0.717, 1.165) is 12.8 Å². The molecule has 0 aromatic rings. The molecule has 0 aromatic carbocycles. The standard InChI is InChI=1S/C7H11NO3/c1-7(10)11-5-3-2-4-8-6-9/h2-5H2,1H3. The number of isocyanates is 1. The van der Waals surface area contributed by atoms with Crippen LogP contribution in [0.15, 0.2) is 4.99 Å². The zero-order chi connectivity index (χ0) is 8.53. The second-order valence-corrected chi connectivity index (χ2v) is 2.02. The van der Waals surface area contributed by atoms with E-state index in [1.165, 1.54) is 13.0 Å². The molecule has 0 N–H and O–H groups in total. The lowest BCUT2D eigenvalue weighted by Crippen LogP contribution is -2.00. The molecule has 0 heterocycles. The minimum absolute atomic E-state index is 0.274. The van der Waals surface area contributed by atoms with Crippen molar-refractivity contribution in [2.24, 2.45) is 4.99 Å². The Kier molecular flexibility index (Phi) is 6.24. The van der Waals surface area contributed by atoms with Gasteiger partial charge in [-0.1, -0.05) is 0 Å². The van der Waals surface area contributed by atoms with Crippen molar-refractivity contribution in [3.8, 4) is 0 Å². The fourth-order valence-corrected chi connectivity index (χ4v) is 0.554. The van der Waals surface area contributed by atoms with Gasteiger partial charge < -0.3 is 4.74 Å². The number of nitrogens with zero attached hydrogens (tertiary/aromatic N) is 1. The summed E-state index contributed by atoms with van der Waals surface area (Å²) in [5.74, 6) is -0.274. The van der Waals surface area contributed by atoms with E-state index >= 15 is 0 Å². The van der Waals surface area contributed by atoms with Gasteiger partial charge >= 0.3 is 5.97 Å². The second kappa shape index (κ2) is 6.96. The van der Waals surface area contributed by atoms with Gasteiger partial charge in [0.1, 0.15) is 0 Å². The number of hydrogen-bond acceptors (Lipinski definition) is 4. The molecule has 0 spiro atoms. The van der Waals surface area contributed by atoms with Crippen molar-refractivity contribution in [2.45, 2.75) is 19.8 Å². The fraction of sp³-hybridized carbons (Fsp3) is 0.714. The SMILES string of the molecule is CC(=O)OCCCCN=C=O. The Balaban J connectivity index is 3.02. The average Bonchev–Trinajstić information content (AvgIpc) is 1.96. The number of hydrogen-bond donors (Lipinski definition) is 0. The second-order valence-electron chi connectivity index (χ2n) is 2.02. The van der Waals surface area contributed by atoms with Crippen LogP contribution in [0.4, 0.5) is 0 Å². The highest BCUT2D eigenvalue weighted by molar-refractivity contribution is 5.65. The molecule has 0 atom stereocenters. The Labute approximate surface area is 65.3 Å². The van der Waals surface area contributed by atoms with E-state index in [1.54, 1.807) is 0 Å². The third kappa shape index (κ3) is 8.85. The molecule has 0 fully saturated rings. The van der Waals surface area contributed by atoms with Crippen LogP contribution in [0.25, 0.3) is 0 Å². The normalized spacial score (nSPS) is 8.45. The first kappa shape index (κ1) is 9.85. The third-order valence-electron chi connectivity index (χ3n) is 1.03. The summed E-state index contributed by atoms with van der Waals surface area (Å²) < 4.78 is 4.64. The Morgan fingerprint density at radius 1 is 1.55 bits per heavy atom. The lowest BCUT2D eigenvalue weighted by molar-refractivity contribution is -0.141. The lowest BCUT2D eigenvalue weighted by atomic mass is 10.3. The molecule has 0 saturated carbocycles. The highest BCUT2D eigenvalue weighted by atomic mass is 16.5. The summed E-state index contributed by atoms with van der Waals surface area (Å²) in [6.07, 6.45) is 2.93. The minimum Gasteiger partial charge on any atom is -0.466 e. The predicted octanol–water partition coefficient (Wildman–Crippen LogP) is 0.665. The van der Waals surface area contributed by atoms with Gasteiger partial charge in [0.2, 0.25) is 6.08 Å². The topological polar surface area (TPSA) is 55.7 Å². The predicted molar refractivity (Wildman–Crippen MR) is 38.9 cm³/mol. The summed E-state index contributed by atoms with van der Waals surface area (Å²) in [5.41, 5.74) is 0. The molecular formula is C7H11NO3. The first-order valence-electron chi connectivity index (χ1n) is 3.44. The van der Waals surface area contributed by atoms with Crippen LogP contribution in [0, 0.1) is 0 Å². The Hall–Kier alpha value is -1.15. The summed E-state index contributed by atoms with van der Waals surface area (Å²) in [6, 6.07) is 0. The van der Waals surface area contributed by atoms with E-state index in [0.29, 0.717) is 13.2 Å². The molecule has 0 amide bonds. The van der Waals surface area contributed by atoms with Crippen molar-refractivity contribution in [2.75, 3.05) is 13.2 Å². The van der Waals surface area contributed by atoms with Crippen molar-refractivity contribution in [1.29, 1.82) is 0 Å². The highest BCUT2D eigenvalue weighted by Gasteiger charge is 1.91. The average molecular weight is 157 g/mol. The zero-order valence-corrected chi connectivity index (χ0v) is 6.50. The molecule has 0 aliphatic heterocycles. The maximum Gasteiger partial charge on any atom is 0.302 e. The molecule has 11 heavy (non-hydrogen) atoms. The van der Waals surface area contributed by atoms with Crippen molar-refractivity contribution >= 4 is 12.0 Å². The first-order chi connectivity index (χ1) is 5.27. The quantitative estimate of drug-likeness (QED) is 0.255. The first-order valence-corrected chi connectivity index (χ1v) is 3.44. The Morgan fingerprint density at radius 3 is 2.82 bits per heavy atom. The lowest BCUT2D eigenvalue weighted by Gasteiger charge is -1.98. The van der Waals surface area contributed by atoms with Crippen LogP contribution in [0.2, 0.25) is 0 Å². The minimum atomic E-state index is -0.274. The summed E-state index contributed by atoms with van der Waals surface area (Å²) in [5, 5.41) is 0. The molecule has 0 unspecified atom stereocenters. The number of esters is 1. The van der Waals surface area contributed by atoms with Crippen molar-refractivity contribution in [1.82, 2.24) is 0 Å². The Morgan fingerprint density at radius 2 is 2.27 bits per heavy atom. The van der Waals surface area contributed by atoms with Crippen LogP contribution in [0.5, 0.6) is 0 Å². The molecule has 4 nitrogen and oxygen atoms in total. The van der Waals surface area contributed by atoms with Gasteiger partial charge in [-0.15, -0.1) is 0 Å². The smallest absolute Gasteiger partial charge is 0.302 e. The van der Waals surface area contributed by atoms with Crippen LogP contribution < -0.4 is 0 Å². The number of carbonyl (C=O) groups is 1. The van der Waals surface area contributed by atoms with Crippen LogP contribution in [0.3, 0.4) is 0 Å². The van der Waals surface area contributed by atoms with E-state index in [1.807, 2.05) is 0 Å². The third-order valence-corrected chi connectivity index (χ3v) is 1.03. The molecule has 0 aliphatic rings. The van der Waals surface area contributed by atoms with Gasteiger partial charge in [-0.3, -0.25) is 4.79 Å². The van der Waals surface area contributed by atoms with Gasteiger partial charge in [-0.2, -0.15) is 0 Å². The maximum atomic E-state index is 10.2. The molecule has 0 aliphatic carbocycles. The van der Waals surface area contributed by atoms with E-state index in [9.17, 15) is 9.59 Å². The van der Waals surface area contributed by atoms with Gasteiger partial charge in [0.25, 0.3) is 0 Å². The van der Waals surface area contributed by atoms with Crippen molar-refractivity contribution in [3.63, 3.8) is 0 Å². The van der Waals surface area contributed by atoms with E-state index < -0.39 is 0 Å². The molecule has 0 bridgehead atoms. The summed E-state index contributed by atoms with van der Waals surface area (Å²) >= 11 is 0. The van der Waals surface area contributed by atoms with Crippen LogP contribution in [0.1, 0.15) is 19.8 Å². The summed E-state index contributed by atoms with van der Waals surface area (Å²) in [6.45, 7) is 2.23. The molecule has 0 rings (SSSR count). The molecule has 0 saturated heterocycles. The van der Waals surface area contributed by atoms with Gasteiger partial charge in [0, 0.05) is 6.92 Å². The molecule has 0 radical (unpaired) electrons. The summed E-state index contributed by atoms with van der Waals surface area (Å²) in [4.78, 5) is 23.1. The van der Waals surface area contributed by atoms with E-state index in [-0.39, 0.29) is 5.97 Å². The molecule has 4 heteroatoms. The molecule has 0 aromatic heterocycles. The zero-order valence-electron chi connectivity index (χ0n) is 6.50. The van der Waals surface area contributed by atoms with Crippen LogP contribution in [-0.4, -0.2) is 25.2 Å². The van der Waals surface area contributed by atoms with Gasteiger partial charge in [-0.25, -0.2) is 9.79 Å². The van der Waals surface area contributed by atoms with Crippen molar-refractivity contribution in [3.05, 3.63) is 0 Å². The fourth-order valence-electron chi connectivity index (χ4n) is 0.554. The number of ether oxygens (including phenoxy) is 1. The largest absolute Gasteiger partial charge is 0.466 e. The van der Waals surface area contributed by atoms with Gasteiger partial charge in [-0.05, 0) is 12.8 Å². The van der Waals surface area contributed by atoms with Gasteiger partial charge in [0.05, 0.1) is 13.2 Å². The van der Waals surface area contributed by atoms with Crippen LogP contribution >= 0.6 is 0 Å². The summed E-state index contributed by atoms with van der Waals surface area (Å²) in [7, 11) is 0. The number of unbranched alkanes of at least 4 members (excludes halogenated alkanes) is 1. The Bertz CT molecular complexity index is 157. The number of aliphatic imine (C=N–C) groups is 1. The molecular weight excluding hydrogens is 146 g/mol. The number of carbonyl (C=O) groups excluding carboxylic acids is 2. The van der Waals surface area contributed by atoms with Crippen molar-refractivity contribution < 1.29 is 14.3 Å². The number of rotatable bonds is 5. The van der Waals surface area contributed by atoms with Crippen LogP contribution in [-0.2, 0) is 14.3 Å². The van der Waals surface area contributed by atoms with E-state index in [2.05, 4.69) is 9.73 Å². The monoisotopic (exact) mass is 157 g/mol. The highest BCUT2D eigenvalue weighted by Crippen LogP contribution is 1.90. The van der Waals surface area contributed by atoms with Gasteiger partial charge in [0.15, 0.2) is 0 Å². The molecule has 62 valence electrons. The van der Waals surface area contributed by atoms with E-state index in [4.69, 9.17) is 0 Å².